The van der Waals surface area contributed by atoms with Crippen molar-refractivity contribution in [3.8, 4) is 0 Å². The lowest BCUT2D eigenvalue weighted by Crippen LogP contribution is -2.52. The molecule has 1 aromatic carbocycles. The molecular formula is C18H28ClN3. The van der Waals surface area contributed by atoms with Gasteiger partial charge in [0.2, 0.25) is 0 Å². The quantitative estimate of drug-likeness (QED) is 0.903. The van der Waals surface area contributed by atoms with Gasteiger partial charge < -0.3 is 5.32 Å². The molecule has 122 valence electrons. The molecule has 22 heavy (non-hydrogen) atoms. The van der Waals surface area contributed by atoms with E-state index in [4.69, 9.17) is 0 Å². The molecular weight excluding hydrogens is 294 g/mol. The first kappa shape index (κ1) is 16.3. The lowest BCUT2D eigenvalue weighted by Gasteiger charge is -2.43. The van der Waals surface area contributed by atoms with Crippen LogP contribution in [0.15, 0.2) is 24.3 Å². The highest BCUT2D eigenvalue weighted by atomic mass is 35.5. The summed E-state index contributed by atoms with van der Waals surface area (Å²) in [6.45, 7) is 7.41. The molecule has 1 aromatic rings. The molecule has 2 unspecified atom stereocenters. The normalized spacial score (nSPS) is 29.8. The number of nitrogens with one attached hydrogen (secondary N) is 1. The van der Waals surface area contributed by atoms with Crippen LogP contribution in [0.1, 0.15) is 36.4 Å². The Bertz CT molecular complexity index is 479. The first-order chi connectivity index (χ1) is 10.4. The van der Waals surface area contributed by atoms with Gasteiger partial charge in [-0.1, -0.05) is 24.3 Å². The average molecular weight is 322 g/mol. The van der Waals surface area contributed by atoms with Crippen LogP contribution in [0.4, 0.5) is 0 Å². The molecule has 3 aliphatic rings. The smallest absolute Gasteiger partial charge is 0.0352 e. The molecule has 4 heteroatoms. The highest BCUT2D eigenvalue weighted by Gasteiger charge is 2.31. The van der Waals surface area contributed by atoms with Crippen LogP contribution in [-0.4, -0.2) is 55.1 Å². The second-order valence-electron chi connectivity index (χ2n) is 6.83. The minimum Gasteiger partial charge on any atom is -0.315 e. The third-order valence-electron chi connectivity index (χ3n) is 5.68. The molecule has 2 fully saturated rings. The summed E-state index contributed by atoms with van der Waals surface area (Å²) in [5, 5.41) is 3.50. The summed E-state index contributed by atoms with van der Waals surface area (Å²) in [5.41, 5.74) is 3.20. The topological polar surface area (TPSA) is 18.5 Å². The number of benzene rings is 1. The van der Waals surface area contributed by atoms with Gasteiger partial charge in [-0.25, -0.2) is 0 Å². The zero-order valence-electron chi connectivity index (χ0n) is 13.3. The SMILES string of the molecule is Cl.c1ccc2c(c1)CCCC2N1CCN(C2CCNC2)CC1. The summed E-state index contributed by atoms with van der Waals surface area (Å²) in [6.07, 6.45) is 5.32. The number of hydrogen-bond acceptors (Lipinski definition) is 3. The summed E-state index contributed by atoms with van der Waals surface area (Å²) in [6, 6.07) is 10.6. The van der Waals surface area contributed by atoms with Gasteiger partial charge in [0.05, 0.1) is 0 Å². The third-order valence-corrected chi connectivity index (χ3v) is 5.68. The first-order valence-corrected chi connectivity index (χ1v) is 8.68. The van der Waals surface area contributed by atoms with E-state index in [9.17, 15) is 0 Å². The molecule has 0 radical (unpaired) electrons. The van der Waals surface area contributed by atoms with E-state index in [0.29, 0.717) is 6.04 Å². The number of hydrogen-bond donors (Lipinski definition) is 1. The Kier molecular flexibility index (Phi) is 5.40. The summed E-state index contributed by atoms with van der Waals surface area (Å²) >= 11 is 0. The van der Waals surface area contributed by atoms with Gasteiger partial charge in [0.15, 0.2) is 0 Å². The minimum atomic E-state index is 0. The van der Waals surface area contributed by atoms with Crippen molar-refractivity contribution in [3.63, 3.8) is 0 Å². The molecule has 0 bridgehead atoms. The van der Waals surface area contributed by atoms with E-state index >= 15 is 0 Å². The predicted octanol–water partition coefficient (Wildman–Crippen LogP) is 2.47. The number of halogens is 1. The maximum absolute atomic E-state index is 3.50. The lowest BCUT2D eigenvalue weighted by atomic mass is 9.86. The first-order valence-electron chi connectivity index (χ1n) is 8.68. The fourth-order valence-corrected chi connectivity index (χ4v) is 4.47. The molecule has 1 N–H and O–H groups in total. The van der Waals surface area contributed by atoms with Crippen LogP contribution < -0.4 is 5.32 Å². The molecule has 0 spiro atoms. The summed E-state index contributed by atoms with van der Waals surface area (Å²) < 4.78 is 0. The predicted molar refractivity (Wildman–Crippen MR) is 93.8 cm³/mol. The van der Waals surface area contributed by atoms with Gasteiger partial charge in [0.25, 0.3) is 0 Å². The van der Waals surface area contributed by atoms with Crippen LogP contribution >= 0.6 is 12.4 Å². The molecule has 2 saturated heterocycles. The molecule has 2 heterocycles. The van der Waals surface area contributed by atoms with Crippen molar-refractivity contribution in [1.29, 1.82) is 0 Å². The zero-order chi connectivity index (χ0) is 14.1. The van der Waals surface area contributed by atoms with Gasteiger partial charge in [0, 0.05) is 44.8 Å². The number of fused-ring (bicyclic) bond motifs is 1. The Labute approximate surface area is 140 Å². The van der Waals surface area contributed by atoms with Crippen LogP contribution in [0.2, 0.25) is 0 Å². The fourth-order valence-electron chi connectivity index (χ4n) is 4.47. The van der Waals surface area contributed by atoms with Gasteiger partial charge in [-0.2, -0.15) is 0 Å². The Balaban J connectivity index is 0.00000144. The Hall–Kier alpha value is -0.610. The van der Waals surface area contributed by atoms with Gasteiger partial charge in [0.1, 0.15) is 0 Å². The summed E-state index contributed by atoms with van der Waals surface area (Å²) in [4.78, 5) is 5.46. The second kappa shape index (κ2) is 7.31. The molecule has 4 rings (SSSR count). The van der Waals surface area contributed by atoms with Crippen molar-refractivity contribution in [2.45, 2.75) is 37.8 Å². The standard InChI is InChI=1S/C18H27N3.ClH/c1-2-6-17-15(4-1)5-3-7-18(17)21-12-10-20(11-13-21)16-8-9-19-14-16;/h1-2,4,6,16,18-19H,3,5,7-14H2;1H. The number of nitrogens with zero attached hydrogens (tertiary/aromatic N) is 2. The molecule has 0 amide bonds. The second-order valence-corrected chi connectivity index (χ2v) is 6.83. The molecule has 2 aliphatic heterocycles. The maximum Gasteiger partial charge on any atom is 0.0352 e. The van der Waals surface area contributed by atoms with E-state index in [2.05, 4.69) is 39.4 Å². The van der Waals surface area contributed by atoms with Gasteiger partial charge >= 0.3 is 0 Å². The lowest BCUT2D eigenvalue weighted by molar-refractivity contribution is 0.0676. The summed E-state index contributed by atoms with van der Waals surface area (Å²) in [7, 11) is 0. The van der Waals surface area contributed by atoms with Crippen LogP contribution in [0.3, 0.4) is 0 Å². The van der Waals surface area contributed by atoms with Crippen molar-refractivity contribution >= 4 is 12.4 Å². The van der Waals surface area contributed by atoms with Crippen LogP contribution in [0.25, 0.3) is 0 Å². The van der Waals surface area contributed by atoms with E-state index in [-0.39, 0.29) is 12.4 Å². The Morgan fingerprint density at radius 3 is 2.50 bits per heavy atom. The number of piperazine rings is 1. The highest BCUT2D eigenvalue weighted by molar-refractivity contribution is 5.85. The maximum atomic E-state index is 3.50. The van der Waals surface area contributed by atoms with E-state index in [1.165, 1.54) is 65.0 Å². The zero-order valence-corrected chi connectivity index (χ0v) is 14.2. The molecule has 3 nitrogen and oxygen atoms in total. The van der Waals surface area contributed by atoms with Crippen molar-refractivity contribution in [1.82, 2.24) is 15.1 Å². The van der Waals surface area contributed by atoms with E-state index in [0.717, 1.165) is 6.04 Å². The van der Waals surface area contributed by atoms with Crippen molar-refractivity contribution in [2.75, 3.05) is 39.3 Å². The van der Waals surface area contributed by atoms with Crippen molar-refractivity contribution in [2.24, 2.45) is 0 Å². The molecule has 2 atom stereocenters. The largest absolute Gasteiger partial charge is 0.315 e. The minimum absolute atomic E-state index is 0. The number of rotatable bonds is 2. The van der Waals surface area contributed by atoms with E-state index < -0.39 is 0 Å². The van der Waals surface area contributed by atoms with Crippen LogP contribution in [0.5, 0.6) is 0 Å². The van der Waals surface area contributed by atoms with E-state index in [1.54, 1.807) is 11.1 Å². The Morgan fingerprint density at radius 2 is 1.73 bits per heavy atom. The average Bonchev–Trinajstić information content (AvgIpc) is 3.09. The molecule has 0 saturated carbocycles. The summed E-state index contributed by atoms with van der Waals surface area (Å²) in [5.74, 6) is 0. The van der Waals surface area contributed by atoms with Gasteiger partial charge in [-0.15, -0.1) is 12.4 Å². The Morgan fingerprint density at radius 1 is 0.955 bits per heavy atom. The van der Waals surface area contributed by atoms with Crippen LogP contribution in [0, 0.1) is 0 Å². The third kappa shape index (κ3) is 3.18. The van der Waals surface area contributed by atoms with Crippen LogP contribution in [-0.2, 0) is 6.42 Å². The van der Waals surface area contributed by atoms with E-state index in [1.807, 2.05) is 0 Å². The molecule has 0 aromatic heterocycles. The monoisotopic (exact) mass is 321 g/mol. The fraction of sp³-hybridized carbons (Fsp3) is 0.667. The van der Waals surface area contributed by atoms with Crippen molar-refractivity contribution in [3.05, 3.63) is 35.4 Å². The van der Waals surface area contributed by atoms with Gasteiger partial charge in [-0.05, 0) is 43.4 Å². The number of aryl methyl sites for hydroxylation is 1. The van der Waals surface area contributed by atoms with Crippen molar-refractivity contribution < 1.29 is 0 Å². The highest BCUT2D eigenvalue weighted by Crippen LogP contribution is 2.34. The molecule has 1 aliphatic carbocycles. The van der Waals surface area contributed by atoms with Gasteiger partial charge in [-0.3, -0.25) is 9.80 Å².